The van der Waals surface area contributed by atoms with E-state index < -0.39 is 16.5 Å². The van der Waals surface area contributed by atoms with Gasteiger partial charge in [0.1, 0.15) is 12.0 Å². The van der Waals surface area contributed by atoms with Crippen molar-refractivity contribution in [2.24, 2.45) is 0 Å². The number of carboxylic acids is 1. The van der Waals surface area contributed by atoms with Gasteiger partial charge in [0.05, 0.1) is 15.9 Å². The molecule has 0 aliphatic heterocycles. The van der Waals surface area contributed by atoms with Crippen LogP contribution in [0.15, 0.2) is 16.7 Å². The summed E-state index contributed by atoms with van der Waals surface area (Å²) in [6.45, 7) is 0.841. The number of hydrogen-bond acceptors (Lipinski definition) is 6. The second-order valence-electron chi connectivity index (χ2n) is 3.71. The maximum atomic E-state index is 10.7. The first-order valence-electron chi connectivity index (χ1n) is 4.73. The van der Waals surface area contributed by atoms with E-state index in [1.807, 2.05) is 0 Å². The van der Waals surface area contributed by atoms with Crippen molar-refractivity contribution >= 4 is 33.4 Å². The Labute approximate surface area is 110 Å². The highest BCUT2D eigenvalue weighted by atomic mass is 79.9. The van der Waals surface area contributed by atoms with Crippen molar-refractivity contribution in [2.45, 2.75) is 12.5 Å². The summed E-state index contributed by atoms with van der Waals surface area (Å²) in [6, 6.07) is 1.23. The highest BCUT2D eigenvalue weighted by Gasteiger charge is 2.29. The number of aliphatic carboxylic acids is 1. The predicted molar refractivity (Wildman–Crippen MR) is 65.3 cm³/mol. The van der Waals surface area contributed by atoms with Crippen molar-refractivity contribution in [1.29, 1.82) is 0 Å². The summed E-state index contributed by atoms with van der Waals surface area (Å²) >= 11 is 3.06. The van der Waals surface area contributed by atoms with Crippen molar-refractivity contribution in [3.63, 3.8) is 0 Å². The van der Waals surface area contributed by atoms with E-state index in [0.29, 0.717) is 4.47 Å². The second-order valence-corrected chi connectivity index (χ2v) is 4.57. The highest BCUT2D eigenvalue weighted by Crippen LogP contribution is 2.24. The van der Waals surface area contributed by atoms with Crippen LogP contribution in [0.2, 0.25) is 0 Å². The number of halogens is 1. The quantitative estimate of drug-likeness (QED) is 0.546. The van der Waals surface area contributed by atoms with E-state index in [-0.39, 0.29) is 18.1 Å². The number of aromatic nitrogens is 1. The summed E-state index contributed by atoms with van der Waals surface area (Å²) < 4.78 is 0.304. The van der Waals surface area contributed by atoms with Crippen molar-refractivity contribution < 1.29 is 19.9 Å². The van der Waals surface area contributed by atoms with Crippen LogP contribution in [0.25, 0.3) is 0 Å². The molecule has 0 aliphatic rings. The molecule has 8 nitrogen and oxygen atoms in total. The van der Waals surface area contributed by atoms with Gasteiger partial charge in [0.2, 0.25) is 0 Å². The van der Waals surface area contributed by atoms with Crippen molar-refractivity contribution in [3.8, 4) is 0 Å². The van der Waals surface area contributed by atoms with Crippen LogP contribution in [0.5, 0.6) is 0 Å². The highest BCUT2D eigenvalue weighted by molar-refractivity contribution is 9.10. The summed E-state index contributed by atoms with van der Waals surface area (Å²) in [4.78, 5) is 24.3. The normalized spacial score (nSPS) is 13.7. The Balaban J connectivity index is 2.81. The third-order valence-electron chi connectivity index (χ3n) is 2.10. The van der Waals surface area contributed by atoms with Crippen molar-refractivity contribution in [2.75, 3.05) is 11.9 Å². The lowest BCUT2D eigenvalue weighted by molar-refractivity contribution is -0.385. The lowest BCUT2D eigenvalue weighted by Crippen LogP contribution is -2.42. The van der Waals surface area contributed by atoms with Crippen LogP contribution >= 0.6 is 15.9 Å². The average molecular weight is 320 g/mol. The predicted octanol–water partition coefficient (Wildman–Crippen LogP) is 1.000. The van der Waals surface area contributed by atoms with Crippen LogP contribution < -0.4 is 5.32 Å². The Bertz CT molecular complexity index is 491. The number of carbonyl (C=O) groups is 1. The third kappa shape index (κ3) is 3.37. The lowest BCUT2D eigenvalue weighted by Gasteiger charge is -2.18. The van der Waals surface area contributed by atoms with Gasteiger partial charge in [-0.25, -0.2) is 9.78 Å². The minimum Gasteiger partial charge on any atom is -0.479 e. The number of pyridine rings is 1. The van der Waals surface area contributed by atoms with Crippen LogP contribution in [-0.2, 0) is 4.79 Å². The molecule has 9 heteroatoms. The molecule has 1 heterocycles. The Morgan fingerprint density at radius 2 is 2.33 bits per heavy atom. The van der Waals surface area contributed by atoms with Gasteiger partial charge in [-0.05, 0) is 22.9 Å². The fourth-order valence-corrected chi connectivity index (χ4v) is 1.47. The first-order valence-corrected chi connectivity index (χ1v) is 5.53. The number of carboxylic acid groups (broad SMARTS) is 1. The molecular formula is C9H10BrN3O5. The molecular weight excluding hydrogens is 310 g/mol. The summed E-state index contributed by atoms with van der Waals surface area (Å²) in [5.41, 5.74) is -2.15. The number of anilines is 1. The Morgan fingerprint density at radius 3 is 2.78 bits per heavy atom. The van der Waals surface area contributed by atoms with Gasteiger partial charge in [0.15, 0.2) is 5.60 Å². The van der Waals surface area contributed by atoms with E-state index in [9.17, 15) is 20.0 Å². The van der Waals surface area contributed by atoms with Gasteiger partial charge in [-0.2, -0.15) is 0 Å². The molecule has 0 amide bonds. The number of hydrogen-bond donors (Lipinski definition) is 3. The standard InChI is InChI=1S/C9H10BrN3O5/c1-9(16,8(14)15)4-12-7-6(10)2-5(3-11-7)13(17)18/h2-3,16H,4H2,1H3,(H,11,12)(H,14,15). The molecule has 0 radical (unpaired) electrons. The van der Waals surface area contributed by atoms with Gasteiger partial charge in [-0.1, -0.05) is 0 Å². The molecule has 1 aromatic heterocycles. The molecule has 98 valence electrons. The first-order chi connectivity index (χ1) is 8.24. The van der Waals surface area contributed by atoms with Crippen LogP contribution in [0.1, 0.15) is 6.92 Å². The SMILES string of the molecule is CC(O)(CNc1ncc([N+](=O)[O-])cc1Br)C(=O)O. The van der Waals surface area contributed by atoms with Gasteiger partial charge in [-0.3, -0.25) is 10.1 Å². The molecule has 0 spiro atoms. The summed E-state index contributed by atoms with van der Waals surface area (Å²) in [7, 11) is 0. The number of nitrogens with one attached hydrogen (secondary N) is 1. The van der Waals surface area contributed by atoms with Crippen LogP contribution in [0, 0.1) is 10.1 Å². The number of aliphatic hydroxyl groups is 1. The molecule has 1 atom stereocenters. The monoisotopic (exact) mass is 319 g/mol. The summed E-state index contributed by atoms with van der Waals surface area (Å²) in [5.74, 6) is -1.17. The van der Waals surface area contributed by atoms with E-state index in [1.165, 1.54) is 6.07 Å². The second kappa shape index (κ2) is 5.27. The Hall–Kier alpha value is -1.74. The zero-order valence-electron chi connectivity index (χ0n) is 9.25. The average Bonchev–Trinajstić information content (AvgIpc) is 2.26. The van der Waals surface area contributed by atoms with E-state index in [0.717, 1.165) is 13.1 Å². The Morgan fingerprint density at radius 1 is 1.72 bits per heavy atom. The van der Waals surface area contributed by atoms with Gasteiger partial charge < -0.3 is 15.5 Å². The molecule has 1 rings (SSSR count). The van der Waals surface area contributed by atoms with Gasteiger partial charge in [0.25, 0.3) is 5.69 Å². The largest absolute Gasteiger partial charge is 0.479 e. The molecule has 0 aliphatic carbocycles. The topological polar surface area (TPSA) is 126 Å². The Kier molecular flexibility index (Phi) is 4.19. The van der Waals surface area contributed by atoms with Gasteiger partial charge in [-0.15, -0.1) is 0 Å². The fourth-order valence-electron chi connectivity index (χ4n) is 0.989. The smallest absolute Gasteiger partial charge is 0.337 e. The van der Waals surface area contributed by atoms with Crippen molar-refractivity contribution in [1.82, 2.24) is 4.98 Å². The van der Waals surface area contributed by atoms with Crippen LogP contribution in [-0.4, -0.2) is 38.2 Å². The molecule has 18 heavy (non-hydrogen) atoms. The number of nitrogens with zero attached hydrogens (tertiary/aromatic N) is 2. The van der Waals surface area contributed by atoms with E-state index >= 15 is 0 Å². The van der Waals surface area contributed by atoms with Crippen LogP contribution in [0.4, 0.5) is 11.5 Å². The maximum absolute atomic E-state index is 10.7. The molecule has 1 aromatic rings. The fraction of sp³-hybridized carbons (Fsp3) is 0.333. The molecule has 0 aromatic carbocycles. The lowest BCUT2D eigenvalue weighted by atomic mass is 10.1. The first kappa shape index (κ1) is 14.3. The molecule has 0 bridgehead atoms. The molecule has 0 saturated carbocycles. The van der Waals surface area contributed by atoms with Gasteiger partial charge in [0, 0.05) is 6.07 Å². The van der Waals surface area contributed by atoms with E-state index in [1.54, 1.807) is 0 Å². The van der Waals surface area contributed by atoms with Crippen LogP contribution in [0.3, 0.4) is 0 Å². The summed E-state index contributed by atoms with van der Waals surface area (Å²) in [6.07, 6.45) is 1.03. The number of nitro groups is 1. The third-order valence-corrected chi connectivity index (χ3v) is 2.70. The minimum atomic E-state index is -1.96. The molecule has 3 N–H and O–H groups in total. The molecule has 0 fully saturated rings. The van der Waals surface area contributed by atoms with Gasteiger partial charge >= 0.3 is 5.97 Å². The van der Waals surface area contributed by atoms with E-state index in [2.05, 4.69) is 26.2 Å². The zero-order chi connectivity index (χ0) is 13.9. The van der Waals surface area contributed by atoms with Crippen molar-refractivity contribution in [3.05, 3.63) is 26.9 Å². The minimum absolute atomic E-state index is 0.197. The molecule has 0 saturated heterocycles. The zero-order valence-corrected chi connectivity index (χ0v) is 10.8. The molecule has 1 unspecified atom stereocenters. The van der Waals surface area contributed by atoms with E-state index in [4.69, 9.17) is 5.11 Å². The number of rotatable bonds is 5. The maximum Gasteiger partial charge on any atom is 0.337 e. The summed E-state index contributed by atoms with van der Waals surface area (Å²) in [5, 5.41) is 31.2.